The second-order valence-electron chi connectivity index (χ2n) is 15.6. The predicted octanol–water partition coefficient (Wildman–Crippen LogP) is 5.02. The molecule has 0 radical (unpaired) electrons. The van der Waals surface area contributed by atoms with E-state index in [9.17, 15) is 14.7 Å². The highest BCUT2D eigenvalue weighted by Crippen LogP contribution is 2.62. The number of likely N-dealkylation sites (tertiary alicyclic amines) is 2. The maximum absolute atomic E-state index is 15.8. The van der Waals surface area contributed by atoms with E-state index in [1.807, 2.05) is 89.2 Å². The van der Waals surface area contributed by atoms with Gasteiger partial charge in [-0.25, -0.2) is 14.3 Å². The Morgan fingerprint density at radius 2 is 1.78 bits per heavy atom. The number of nitrogens with zero attached hydrogens (tertiary/aromatic N) is 3. The molecule has 1 aromatic heterocycles. The van der Waals surface area contributed by atoms with Crippen LogP contribution in [0.25, 0.3) is 22.2 Å². The van der Waals surface area contributed by atoms with Gasteiger partial charge >= 0.3 is 5.91 Å². The normalized spacial score (nSPS) is 28.6. The van der Waals surface area contributed by atoms with Gasteiger partial charge in [0.25, 0.3) is 5.91 Å². The number of fused-ring (bicyclic) bond motifs is 1. The van der Waals surface area contributed by atoms with Gasteiger partial charge in [0, 0.05) is 41.8 Å². The number of quaternary nitrogens is 1. The summed E-state index contributed by atoms with van der Waals surface area (Å²) in [6.45, 7) is 15.6. The number of carboxylic acid groups (broad SMARTS) is 1. The molecule has 3 unspecified atom stereocenters. The maximum Gasteiger partial charge on any atom is 0.333 e. The lowest BCUT2D eigenvalue weighted by atomic mass is 9.79. The standard InChI is InChI=1S/C41H52N4O6/c1-7-28-24-41(28,38(48)49)45(36(46)35(39(4,5)6)44-20-14-11-15-21-44)26-30(25-40(45,8-2)37(42)47)51-34-23-32(27-16-12-10-13-17-27)43-33-22-29(50-9-3)18-19-31(33)34/h7,10,12-13,16-19,22-23,28,30,35H,1,8-9,11,14-15,20-21,24-26H2,2-6H3,(H2-,42,47,48,49)/t28?,30-,35-,40+,41?,45?/m1/s1. The third-order valence-corrected chi connectivity index (χ3v) is 11.7. The minimum atomic E-state index is -1.72. The summed E-state index contributed by atoms with van der Waals surface area (Å²) in [5.41, 5.74) is 4.75. The number of carbonyl (C=O) groups is 3. The molecule has 2 aromatic carbocycles. The van der Waals surface area contributed by atoms with Crippen LogP contribution in [0, 0.1) is 11.3 Å². The number of hydrogen-bond donors (Lipinski definition) is 1. The van der Waals surface area contributed by atoms with E-state index in [-0.39, 0.29) is 31.7 Å². The fourth-order valence-corrected chi connectivity index (χ4v) is 9.39. The van der Waals surface area contributed by atoms with E-state index in [0.717, 1.165) is 30.2 Å². The number of primary amides is 1. The summed E-state index contributed by atoms with van der Waals surface area (Å²) in [6, 6.07) is 16.6. The Balaban J connectivity index is 1.54. The van der Waals surface area contributed by atoms with Crippen molar-refractivity contribution in [1.82, 2.24) is 9.88 Å². The summed E-state index contributed by atoms with van der Waals surface area (Å²) < 4.78 is 12.1. The second kappa shape index (κ2) is 13.7. The first-order valence-electron chi connectivity index (χ1n) is 18.4. The lowest BCUT2D eigenvalue weighted by Crippen LogP contribution is -2.80. The number of hydrogen-bond acceptors (Lipinski definition) is 8. The summed E-state index contributed by atoms with van der Waals surface area (Å²) in [5, 5.41) is 14.3. The Bertz CT molecular complexity index is 1820. The maximum atomic E-state index is 15.8. The number of pyridine rings is 1. The second-order valence-corrected chi connectivity index (χ2v) is 15.6. The number of benzene rings is 2. The van der Waals surface area contributed by atoms with Crippen molar-refractivity contribution >= 4 is 28.7 Å². The molecule has 1 saturated carbocycles. The van der Waals surface area contributed by atoms with E-state index in [2.05, 4.69) is 11.5 Å². The molecule has 10 heteroatoms. The molecule has 3 heterocycles. The van der Waals surface area contributed by atoms with Crippen LogP contribution < -0.4 is 20.3 Å². The van der Waals surface area contributed by atoms with Gasteiger partial charge in [-0.1, -0.05) is 70.5 Å². The summed E-state index contributed by atoms with van der Waals surface area (Å²) in [4.78, 5) is 50.6. The molecule has 2 aliphatic heterocycles. The van der Waals surface area contributed by atoms with Crippen LogP contribution in [-0.4, -0.2) is 81.6 Å². The predicted molar refractivity (Wildman–Crippen MR) is 194 cm³/mol. The Morgan fingerprint density at radius 1 is 1.08 bits per heavy atom. The zero-order valence-electron chi connectivity index (χ0n) is 30.7. The molecule has 1 aliphatic carbocycles. The van der Waals surface area contributed by atoms with E-state index < -0.39 is 50.9 Å². The Morgan fingerprint density at radius 3 is 2.35 bits per heavy atom. The van der Waals surface area contributed by atoms with Gasteiger partial charge in [0.05, 0.1) is 24.2 Å². The summed E-state index contributed by atoms with van der Waals surface area (Å²) >= 11 is 0. The number of aromatic nitrogens is 1. The molecule has 272 valence electrons. The Hall–Kier alpha value is -4.28. The molecule has 0 spiro atoms. The quantitative estimate of drug-likeness (QED) is 0.206. The highest BCUT2D eigenvalue weighted by atomic mass is 16.5. The van der Waals surface area contributed by atoms with Crippen molar-refractivity contribution in [3.05, 3.63) is 67.3 Å². The van der Waals surface area contributed by atoms with Gasteiger partial charge in [-0.2, -0.15) is 0 Å². The van der Waals surface area contributed by atoms with E-state index in [4.69, 9.17) is 20.2 Å². The zero-order valence-corrected chi connectivity index (χ0v) is 30.7. The molecule has 2 N–H and O–H groups in total. The number of rotatable bonds is 12. The summed E-state index contributed by atoms with van der Waals surface area (Å²) in [5.74, 6) is -1.79. The minimum Gasteiger partial charge on any atom is -0.544 e. The number of nitrogens with two attached hydrogens (primary N) is 1. The number of aliphatic carboxylic acids is 1. The Labute approximate surface area is 301 Å². The van der Waals surface area contributed by atoms with Crippen molar-refractivity contribution in [2.45, 2.75) is 96.4 Å². The molecule has 2 amide bonds. The summed E-state index contributed by atoms with van der Waals surface area (Å²) in [6.07, 6.45) is 4.11. The van der Waals surface area contributed by atoms with Crippen molar-refractivity contribution < 1.29 is 33.4 Å². The van der Waals surface area contributed by atoms with Crippen LogP contribution >= 0.6 is 0 Å². The molecule has 6 atom stereocenters. The van der Waals surface area contributed by atoms with Gasteiger partial charge in [0.15, 0.2) is 17.2 Å². The van der Waals surface area contributed by atoms with Gasteiger partial charge in [0.1, 0.15) is 30.1 Å². The van der Waals surface area contributed by atoms with Gasteiger partial charge in [0.2, 0.25) is 0 Å². The topological polar surface area (TPSA) is 135 Å². The number of amides is 2. The lowest BCUT2D eigenvalue weighted by Gasteiger charge is -2.54. The SMILES string of the molecule is C=CC1CC1(C(=O)[O-])[N+]1(C(=O)[C@@H](N2CCCCC2)C(C)(C)C)C[C@H](Oc2cc(-c3ccccc3)nc3cc(OCC)ccc23)C[C@@]1(CC)C(N)=O. The summed E-state index contributed by atoms with van der Waals surface area (Å²) in [7, 11) is 0. The molecular weight excluding hydrogens is 644 g/mol. The van der Waals surface area contributed by atoms with Crippen molar-refractivity contribution in [2.24, 2.45) is 17.1 Å². The van der Waals surface area contributed by atoms with Gasteiger partial charge in [-0.15, -0.1) is 6.58 Å². The molecular formula is C41H52N4O6. The fraction of sp³-hybridized carbons (Fsp3) is 0.512. The van der Waals surface area contributed by atoms with Crippen LogP contribution in [-0.2, 0) is 14.4 Å². The highest BCUT2D eigenvalue weighted by molar-refractivity contribution is 5.93. The van der Waals surface area contributed by atoms with Crippen LogP contribution in [0.2, 0.25) is 0 Å². The molecule has 51 heavy (non-hydrogen) atoms. The van der Waals surface area contributed by atoms with Crippen molar-refractivity contribution in [2.75, 3.05) is 26.2 Å². The Kier molecular flexibility index (Phi) is 9.80. The van der Waals surface area contributed by atoms with Crippen molar-refractivity contribution in [3.8, 4) is 22.8 Å². The van der Waals surface area contributed by atoms with Crippen LogP contribution in [0.5, 0.6) is 11.5 Å². The van der Waals surface area contributed by atoms with E-state index >= 15 is 4.79 Å². The average Bonchev–Trinajstić information content (AvgIpc) is 3.77. The molecule has 2 saturated heterocycles. The molecule has 0 bridgehead atoms. The van der Waals surface area contributed by atoms with E-state index in [0.29, 0.717) is 42.4 Å². The van der Waals surface area contributed by atoms with Crippen LogP contribution in [0.15, 0.2) is 67.3 Å². The number of carbonyl (C=O) groups excluding carboxylic acids is 3. The van der Waals surface area contributed by atoms with Gasteiger partial charge in [-0.05, 0) is 50.4 Å². The molecule has 6 rings (SSSR count). The molecule has 3 aliphatic rings. The first-order valence-corrected chi connectivity index (χ1v) is 18.4. The van der Waals surface area contributed by atoms with Gasteiger partial charge < -0.3 is 25.1 Å². The smallest absolute Gasteiger partial charge is 0.333 e. The molecule has 3 aromatic rings. The average molecular weight is 697 g/mol. The first kappa shape index (κ1) is 36.5. The van der Waals surface area contributed by atoms with Crippen molar-refractivity contribution in [1.29, 1.82) is 0 Å². The number of carboxylic acids is 1. The fourth-order valence-electron chi connectivity index (χ4n) is 9.39. The van der Waals surface area contributed by atoms with E-state index in [1.54, 1.807) is 6.08 Å². The van der Waals surface area contributed by atoms with Crippen molar-refractivity contribution in [3.63, 3.8) is 0 Å². The zero-order chi connectivity index (χ0) is 36.8. The molecule has 10 nitrogen and oxygen atoms in total. The third-order valence-electron chi connectivity index (χ3n) is 11.7. The third kappa shape index (κ3) is 5.90. The van der Waals surface area contributed by atoms with Crippen LogP contribution in [0.4, 0.5) is 0 Å². The van der Waals surface area contributed by atoms with Gasteiger partial charge in [-0.3, -0.25) is 9.69 Å². The minimum absolute atomic E-state index is 0.0574. The first-order chi connectivity index (χ1) is 24.3. The number of piperidine rings is 1. The van der Waals surface area contributed by atoms with Crippen LogP contribution in [0.3, 0.4) is 0 Å². The highest BCUT2D eigenvalue weighted by Gasteiger charge is 2.82. The largest absolute Gasteiger partial charge is 0.544 e. The monoisotopic (exact) mass is 696 g/mol. The van der Waals surface area contributed by atoms with E-state index in [1.165, 1.54) is 0 Å². The number of ether oxygens (including phenoxy) is 2. The van der Waals surface area contributed by atoms with Crippen LogP contribution in [0.1, 0.15) is 73.1 Å². The lowest BCUT2D eigenvalue weighted by molar-refractivity contribution is -0.914. The molecule has 3 fully saturated rings.